The van der Waals surface area contributed by atoms with Gasteiger partial charge in [0.1, 0.15) is 0 Å². The Hall–Kier alpha value is -1.33. The van der Waals surface area contributed by atoms with Crippen molar-refractivity contribution < 1.29 is 0 Å². The zero-order valence-corrected chi connectivity index (χ0v) is 14.0. The van der Waals surface area contributed by atoms with E-state index in [9.17, 15) is 0 Å². The molecule has 0 fully saturated rings. The molecule has 0 aliphatic carbocycles. The van der Waals surface area contributed by atoms with Crippen LogP contribution in [0.5, 0.6) is 0 Å². The molecule has 1 aromatic carbocycles. The summed E-state index contributed by atoms with van der Waals surface area (Å²) in [5, 5.41) is 4.51. The van der Waals surface area contributed by atoms with E-state index in [1.54, 1.807) is 23.1 Å². The van der Waals surface area contributed by atoms with Crippen molar-refractivity contribution in [2.45, 2.75) is 44.1 Å². The van der Waals surface area contributed by atoms with Crippen molar-refractivity contribution in [1.29, 1.82) is 0 Å². The number of hydrogen-bond acceptors (Lipinski definition) is 4. The van der Waals surface area contributed by atoms with Crippen LogP contribution >= 0.6 is 23.1 Å². The number of thiazole rings is 1. The molecule has 21 heavy (non-hydrogen) atoms. The van der Waals surface area contributed by atoms with E-state index in [-0.39, 0.29) is 0 Å². The SMILES string of the molecule is CCCc1nc(CSc2nc3ccccc3n2CC)cs1. The molecule has 0 radical (unpaired) electrons. The topological polar surface area (TPSA) is 30.7 Å². The summed E-state index contributed by atoms with van der Waals surface area (Å²) in [6.45, 7) is 5.31. The summed E-state index contributed by atoms with van der Waals surface area (Å²) in [6.07, 6.45) is 2.24. The molecule has 0 saturated heterocycles. The Morgan fingerprint density at radius 2 is 2.05 bits per heavy atom. The number of nitrogens with zero attached hydrogens (tertiary/aromatic N) is 3. The maximum absolute atomic E-state index is 4.74. The first-order chi connectivity index (χ1) is 10.3. The molecule has 0 saturated carbocycles. The lowest BCUT2D eigenvalue weighted by Gasteiger charge is -2.04. The summed E-state index contributed by atoms with van der Waals surface area (Å²) in [4.78, 5) is 9.43. The fourth-order valence-electron chi connectivity index (χ4n) is 2.35. The fraction of sp³-hybridized carbons (Fsp3) is 0.375. The average Bonchev–Trinajstić information content (AvgIpc) is 3.09. The molecule has 3 rings (SSSR count). The number of thioether (sulfide) groups is 1. The van der Waals surface area contributed by atoms with Crippen LogP contribution in [0.1, 0.15) is 31.0 Å². The maximum atomic E-state index is 4.74. The van der Waals surface area contributed by atoms with E-state index in [0.29, 0.717) is 0 Å². The first-order valence-electron chi connectivity index (χ1n) is 7.33. The number of aromatic nitrogens is 3. The monoisotopic (exact) mass is 317 g/mol. The molecule has 5 heteroatoms. The van der Waals surface area contributed by atoms with E-state index in [1.807, 2.05) is 6.07 Å². The molecule has 0 atom stereocenters. The van der Waals surface area contributed by atoms with Crippen molar-refractivity contribution in [2.75, 3.05) is 0 Å². The van der Waals surface area contributed by atoms with Crippen LogP contribution in [0.2, 0.25) is 0 Å². The second-order valence-electron chi connectivity index (χ2n) is 4.90. The molecule has 3 nitrogen and oxygen atoms in total. The van der Waals surface area contributed by atoms with Gasteiger partial charge in [0.05, 0.1) is 21.7 Å². The summed E-state index contributed by atoms with van der Waals surface area (Å²) >= 11 is 3.55. The summed E-state index contributed by atoms with van der Waals surface area (Å²) in [7, 11) is 0. The molecule has 0 N–H and O–H groups in total. The van der Waals surface area contributed by atoms with E-state index in [2.05, 4.69) is 47.0 Å². The zero-order valence-electron chi connectivity index (χ0n) is 12.4. The summed E-state index contributed by atoms with van der Waals surface area (Å²) in [5.74, 6) is 0.892. The van der Waals surface area contributed by atoms with Crippen LogP contribution in [-0.4, -0.2) is 14.5 Å². The van der Waals surface area contributed by atoms with Crippen molar-refractivity contribution in [3.63, 3.8) is 0 Å². The highest BCUT2D eigenvalue weighted by Crippen LogP contribution is 2.27. The van der Waals surface area contributed by atoms with Gasteiger partial charge in [0, 0.05) is 17.7 Å². The molecule has 0 bridgehead atoms. The standard InChI is InChI=1S/C16H19N3S2/c1-3-7-15-17-12(10-20-15)11-21-16-18-13-8-5-6-9-14(13)19(16)4-2/h5-6,8-10H,3-4,7,11H2,1-2H3. The number of rotatable bonds is 6. The molecule has 3 aromatic rings. The third-order valence-corrected chi connectivity index (χ3v) is 5.32. The predicted octanol–water partition coefficient (Wildman–Crippen LogP) is 4.76. The number of benzene rings is 1. The average molecular weight is 317 g/mol. The van der Waals surface area contributed by atoms with Gasteiger partial charge in [-0.15, -0.1) is 11.3 Å². The summed E-state index contributed by atoms with van der Waals surface area (Å²) in [5.41, 5.74) is 3.46. The first kappa shape index (κ1) is 14.6. The highest BCUT2D eigenvalue weighted by molar-refractivity contribution is 7.98. The third-order valence-electron chi connectivity index (χ3n) is 3.35. The van der Waals surface area contributed by atoms with Crippen molar-refractivity contribution >= 4 is 34.1 Å². The Balaban J connectivity index is 1.77. The second-order valence-corrected chi connectivity index (χ2v) is 6.78. The highest BCUT2D eigenvalue weighted by Gasteiger charge is 2.10. The van der Waals surface area contributed by atoms with Gasteiger partial charge >= 0.3 is 0 Å². The van der Waals surface area contributed by atoms with Crippen molar-refractivity contribution in [3.8, 4) is 0 Å². The van der Waals surface area contributed by atoms with Crippen LogP contribution in [0.3, 0.4) is 0 Å². The van der Waals surface area contributed by atoms with Gasteiger partial charge in [0.15, 0.2) is 5.16 Å². The molecule has 0 amide bonds. The number of fused-ring (bicyclic) bond motifs is 1. The molecule has 110 valence electrons. The van der Waals surface area contributed by atoms with Gasteiger partial charge in [0.25, 0.3) is 0 Å². The Morgan fingerprint density at radius 3 is 2.86 bits per heavy atom. The quantitative estimate of drug-likeness (QED) is 0.614. The molecule has 0 aliphatic heterocycles. The third kappa shape index (κ3) is 3.14. The van der Waals surface area contributed by atoms with Crippen molar-refractivity contribution in [1.82, 2.24) is 14.5 Å². The smallest absolute Gasteiger partial charge is 0.169 e. The molecule has 0 aliphatic rings. The van der Waals surface area contributed by atoms with Crippen LogP contribution in [0.15, 0.2) is 34.8 Å². The number of para-hydroxylation sites is 2. The Labute approximate surface area is 133 Å². The minimum Gasteiger partial charge on any atom is -0.319 e. The van der Waals surface area contributed by atoms with Gasteiger partial charge in [0.2, 0.25) is 0 Å². The lowest BCUT2D eigenvalue weighted by atomic mass is 10.3. The largest absolute Gasteiger partial charge is 0.319 e. The van der Waals surface area contributed by atoms with E-state index < -0.39 is 0 Å². The molecule has 2 aromatic heterocycles. The lowest BCUT2D eigenvalue weighted by molar-refractivity contribution is 0.702. The lowest BCUT2D eigenvalue weighted by Crippen LogP contribution is -1.96. The Kier molecular flexibility index (Phi) is 4.60. The van der Waals surface area contributed by atoms with Crippen LogP contribution in [0.4, 0.5) is 0 Å². The predicted molar refractivity (Wildman–Crippen MR) is 91.1 cm³/mol. The molecule has 0 spiro atoms. The highest BCUT2D eigenvalue weighted by atomic mass is 32.2. The minimum atomic E-state index is 0.892. The van der Waals surface area contributed by atoms with E-state index in [1.165, 1.54) is 16.2 Å². The van der Waals surface area contributed by atoms with Crippen LogP contribution in [-0.2, 0) is 18.7 Å². The minimum absolute atomic E-state index is 0.892. The number of hydrogen-bond donors (Lipinski definition) is 0. The van der Waals surface area contributed by atoms with Crippen molar-refractivity contribution in [3.05, 3.63) is 40.3 Å². The summed E-state index contributed by atoms with van der Waals surface area (Å²) < 4.78 is 2.28. The van der Waals surface area contributed by atoms with Gasteiger partial charge in [-0.2, -0.15) is 0 Å². The fourth-order valence-corrected chi connectivity index (χ4v) is 4.33. The number of aryl methyl sites for hydroxylation is 2. The van der Waals surface area contributed by atoms with Gasteiger partial charge < -0.3 is 4.57 Å². The molecular weight excluding hydrogens is 298 g/mol. The van der Waals surface area contributed by atoms with E-state index >= 15 is 0 Å². The molecule has 2 heterocycles. The zero-order chi connectivity index (χ0) is 14.7. The van der Waals surface area contributed by atoms with Gasteiger partial charge in [-0.3, -0.25) is 0 Å². The Bertz CT molecular complexity index is 730. The van der Waals surface area contributed by atoms with Crippen LogP contribution < -0.4 is 0 Å². The van der Waals surface area contributed by atoms with Gasteiger partial charge in [-0.1, -0.05) is 30.8 Å². The van der Waals surface area contributed by atoms with Crippen molar-refractivity contribution in [2.24, 2.45) is 0 Å². The van der Waals surface area contributed by atoms with E-state index in [4.69, 9.17) is 4.98 Å². The second kappa shape index (κ2) is 6.62. The van der Waals surface area contributed by atoms with E-state index in [0.717, 1.165) is 35.8 Å². The first-order valence-corrected chi connectivity index (χ1v) is 9.19. The van der Waals surface area contributed by atoms with Crippen LogP contribution in [0.25, 0.3) is 11.0 Å². The van der Waals surface area contributed by atoms with Crippen LogP contribution in [0, 0.1) is 0 Å². The summed E-state index contributed by atoms with van der Waals surface area (Å²) in [6, 6.07) is 8.33. The molecule has 0 unspecified atom stereocenters. The van der Waals surface area contributed by atoms with Gasteiger partial charge in [-0.05, 0) is 31.9 Å². The molecular formula is C16H19N3S2. The number of imidazole rings is 1. The maximum Gasteiger partial charge on any atom is 0.169 e. The normalized spacial score (nSPS) is 11.3. The Morgan fingerprint density at radius 1 is 1.19 bits per heavy atom. The van der Waals surface area contributed by atoms with Gasteiger partial charge in [-0.25, -0.2) is 9.97 Å².